The quantitative estimate of drug-likeness (QED) is 0.334. The van der Waals surface area contributed by atoms with Crippen molar-refractivity contribution < 1.29 is 19.1 Å². The summed E-state index contributed by atoms with van der Waals surface area (Å²) >= 11 is 6.22. The number of amides is 2. The van der Waals surface area contributed by atoms with E-state index >= 15 is 0 Å². The van der Waals surface area contributed by atoms with Gasteiger partial charge in [0.1, 0.15) is 6.61 Å². The molecule has 2 aromatic rings. The van der Waals surface area contributed by atoms with E-state index in [0.29, 0.717) is 35.3 Å². The Labute approximate surface area is 197 Å². The highest BCUT2D eigenvalue weighted by Gasteiger charge is 2.56. The average Bonchev–Trinajstić information content (AvgIpc) is 3.11. The van der Waals surface area contributed by atoms with Crippen LogP contribution in [-0.2, 0) is 16.2 Å². The second-order valence-corrected chi connectivity index (χ2v) is 9.00. The van der Waals surface area contributed by atoms with Crippen LogP contribution in [0, 0.1) is 23.7 Å². The molecule has 1 saturated carbocycles. The van der Waals surface area contributed by atoms with Crippen molar-refractivity contribution in [3.8, 4) is 11.5 Å². The smallest absolute Gasteiger partial charge is 0.254 e. The van der Waals surface area contributed by atoms with Crippen LogP contribution in [0.3, 0.4) is 0 Å². The minimum Gasteiger partial charge on any atom is -0.490 e. The molecule has 6 nitrogen and oxygen atoms in total. The minimum atomic E-state index is -0.266. The van der Waals surface area contributed by atoms with E-state index in [2.05, 4.69) is 17.3 Å². The van der Waals surface area contributed by atoms with E-state index in [1.54, 1.807) is 12.1 Å². The lowest BCUT2D eigenvalue weighted by atomic mass is 9.63. The van der Waals surface area contributed by atoms with Gasteiger partial charge in [0.15, 0.2) is 11.5 Å². The third-order valence-electron chi connectivity index (χ3n) is 6.67. The zero-order valence-corrected chi connectivity index (χ0v) is 19.1. The molecule has 170 valence electrons. The SMILES string of the molecule is CCOc1cc(/C=N\N2C(=O)[C@@H]3[C@@H](C2=O)[C@H]2C=C[C@H]3CC2)ccc1OCc1ccccc1Cl. The first-order valence-corrected chi connectivity index (χ1v) is 11.7. The van der Waals surface area contributed by atoms with Crippen LogP contribution in [0.2, 0.25) is 5.02 Å². The Kier molecular flexibility index (Phi) is 5.94. The second kappa shape index (κ2) is 9.02. The van der Waals surface area contributed by atoms with Crippen LogP contribution < -0.4 is 9.47 Å². The summed E-state index contributed by atoms with van der Waals surface area (Å²) in [5.41, 5.74) is 1.59. The molecular weight excluding hydrogens is 440 g/mol. The molecule has 0 radical (unpaired) electrons. The van der Waals surface area contributed by atoms with Gasteiger partial charge in [-0.2, -0.15) is 10.1 Å². The van der Waals surface area contributed by atoms with Gasteiger partial charge in [0.2, 0.25) is 0 Å². The summed E-state index contributed by atoms with van der Waals surface area (Å²) in [5.74, 6) is 0.525. The number of hydrogen-bond donors (Lipinski definition) is 0. The molecule has 2 bridgehead atoms. The molecule has 4 aliphatic rings. The van der Waals surface area contributed by atoms with Crippen LogP contribution in [0.25, 0.3) is 0 Å². The molecule has 6 rings (SSSR count). The second-order valence-electron chi connectivity index (χ2n) is 8.59. The van der Waals surface area contributed by atoms with Crippen LogP contribution in [0.5, 0.6) is 11.5 Å². The monoisotopic (exact) mass is 464 g/mol. The molecule has 7 heteroatoms. The summed E-state index contributed by atoms with van der Waals surface area (Å²) in [6.07, 6.45) is 7.66. The molecule has 2 amide bonds. The molecule has 3 aliphatic carbocycles. The summed E-state index contributed by atoms with van der Waals surface area (Å²) in [6.45, 7) is 2.67. The van der Waals surface area contributed by atoms with Gasteiger partial charge >= 0.3 is 0 Å². The minimum absolute atomic E-state index is 0.149. The van der Waals surface area contributed by atoms with Gasteiger partial charge in [-0.1, -0.05) is 42.0 Å². The Morgan fingerprint density at radius 3 is 2.33 bits per heavy atom. The number of carbonyl (C=O) groups excluding carboxylic acids is 2. The maximum Gasteiger partial charge on any atom is 0.254 e. The van der Waals surface area contributed by atoms with Crippen LogP contribution in [-0.4, -0.2) is 29.6 Å². The Hall–Kier alpha value is -3.12. The van der Waals surface area contributed by atoms with Gasteiger partial charge in [-0.3, -0.25) is 9.59 Å². The predicted molar refractivity (Wildman–Crippen MR) is 125 cm³/mol. The fraction of sp³-hybridized carbons (Fsp3) is 0.346. The fourth-order valence-corrected chi connectivity index (χ4v) is 5.25. The van der Waals surface area contributed by atoms with Gasteiger partial charge in [0.05, 0.1) is 24.7 Å². The van der Waals surface area contributed by atoms with E-state index in [0.717, 1.165) is 23.4 Å². The number of allylic oxidation sites excluding steroid dienone is 2. The number of benzene rings is 2. The summed E-state index contributed by atoms with van der Waals surface area (Å²) in [7, 11) is 0. The summed E-state index contributed by atoms with van der Waals surface area (Å²) < 4.78 is 11.7. The molecule has 2 fully saturated rings. The molecule has 0 unspecified atom stereocenters. The Bertz CT molecular complexity index is 1110. The maximum absolute atomic E-state index is 12.9. The number of rotatable bonds is 7. The van der Waals surface area contributed by atoms with Gasteiger partial charge in [0.25, 0.3) is 11.8 Å². The molecule has 0 aromatic heterocycles. The Balaban J connectivity index is 1.32. The van der Waals surface area contributed by atoms with E-state index in [4.69, 9.17) is 21.1 Å². The van der Waals surface area contributed by atoms with Gasteiger partial charge < -0.3 is 9.47 Å². The zero-order valence-electron chi connectivity index (χ0n) is 18.3. The van der Waals surface area contributed by atoms with Crippen molar-refractivity contribution in [1.29, 1.82) is 0 Å². The molecule has 0 spiro atoms. The number of hydrazone groups is 1. The van der Waals surface area contributed by atoms with Crippen LogP contribution in [0.15, 0.2) is 59.7 Å². The molecule has 1 aliphatic heterocycles. The van der Waals surface area contributed by atoms with E-state index in [-0.39, 0.29) is 35.5 Å². The first-order chi connectivity index (χ1) is 16.1. The number of ether oxygens (including phenoxy) is 2. The topological polar surface area (TPSA) is 68.2 Å². The van der Waals surface area contributed by atoms with Gasteiger partial charge in [-0.15, -0.1) is 0 Å². The third-order valence-corrected chi connectivity index (χ3v) is 7.04. The van der Waals surface area contributed by atoms with Crippen LogP contribution in [0.4, 0.5) is 0 Å². The number of hydrogen-bond acceptors (Lipinski definition) is 5. The highest BCUT2D eigenvalue weighted by atomic mass is 35.5. The lowest BCUT2D eigenvalue weighted by molar-refractivity contribution is -0.140. The number of imide groups is 1. The summed E-state index contributed by atoms with van der Waals surface area (Å²) in [6, 6.07) is 12.9. The molecule has 33 heavy (non-hydrogen) atoms. The fourth-order valence-electron chi connectivity index (χ4n) is 5.06. The van der Waals surface area contributed by atoms with Crippen LogP contribution in [0.1, 0.15) is 30.9 Å². The Morgan fingerprint density at radius 1 is 1.00 bits per heavy atom. The van der Waals surface area contributed by atoms with E-state index in [1.807, 2.05) is 37.3 Å². The van der Waals surface area contributed by atoms with Crippen LogP contribution >= 0.6 is 11.6 Å². The van der Waals surface area contributed by atoms with Crippen molar-refractivity contribution in [3.05, 3.63) is 70.8 Å². The molecule has 2 aromatic carbocycles. The highest BCUT2D eigenvalue weighted by Crippen LogP contribution is 2.49. The summed E-state index contributed by atoms with van der Waals surface area (Å²) in [5, 5.41) is 5.99. The van der Waals surface area contributed by atoms with Crippen molar-refractivity contribution in [2.24, 2.45) is 28.8 Å². The first-order valence-electron chi connectivity index (χ1n) is 11.3. The third kappa shape index (κ3) is 4.04. The largest absolute Gasteiger partial charge is 0.490 e. The molecule has 4 atom stereocenters. The number of halogens is 1. The standard InChI is InChI=1S/C26H25ClN2O4/c1-2-32-22-13-16(7-12-21(22)33-15-19-5-3-4-6-20(19)27)14-28-29-25(30)23-17-8-9-18(11-10-17)24(23)26(29)31/h3-9,12-14,17-18,23-24H,2,10-11,15H2,1H3/b28-14-/t17-,18-,23-,24-/m0/s1. The predicted octanol–water partition coefficient (Wildman–Crippen LogP) is 4.85. The highest BCUT2D eigenvalue weighted by molar-refractivity contribution is 6.31. The van der Waals surface area contributed by atoms with Gasteiger partial charge in [-0.05, 0) is 61.4 Å². The normalized spacial score (nSPS) is 25.7. The average molecular weight is 465 g/mol. The maximum atomic E-state index is 12.9. The Morgan fingerprint density at radius 2 is 1.70 bits per heavy atom. The van der Waals surface area contributed by atoms with Gasteiger partial charge in [-0.25, -0.2) is 0 Å². The zero-order chi connectivity index (χ0) is 22.9. The lowest BCUT2D eigenvalue weighted by Gasteiger charge is -2.37. The van der Waals surface area contributed by atoms with E-state index in [1.165, 1.54) is 6.21 Å². The van der Waals surface area contributed by atoms with Crippen molar-refractivity contribution in [3.63, 3.8) is 0 Å². The first kappa shape index (κ1) is 21.7. The van der Waals surface area contributed by atoms with Gasteiger partial charge in [0, 0.05) is 10.6 Å². The lowest BCUT2D eigenvalue weighted by Crippen LogP contribution is -2.38. The van der Waals surface area contributed by atoms with E-state index < -0.39 is 0 Å². The molecular formula is C26H25ClN2O4. The number of nitrogens with zero attached hydrogens (tertiary/aromatic N) is 2. The molecule has 1 saturated heterocycles. The van der Waals surface area contributed by atoms with Crippen molar-refractivity contribution >= 4 is 29.6 Å². The van der Waals surface area contributed by atoms with Crippen molar-refractivity contribution in [2.45, 2.75) is 26.4 Å². The number of fused-ring (bicyclic) bond motifs is 1. The molecule has 1 heterocycles. The van der Waals surface area contributed by atoms with Crippen molar-refractivity contribution in [1.82, 2.24) is 5.01 Å². The summed E-state index contributed by atoms with van der Waals surface area (Å²) in [4.78, 5) is 25.9. The number of carbonyl (C=O) groups is 2. The van der Waals surface area contributed by atoms with Crippen molar-refractivity contribution in [2.75, 3.05) is 6.61 Å². The molecule has 0 N–H and O–H groups in total. The van der Waals surface area contributed by atoms with E-state index in [9.17, 15) is 9.59 Å².